The number of hydrogen-bond donors (Lipinski definition) is 1. The van der Waals surface area contributed by atoms with Gasteiger partial charge in [-0.15, -0.1) is 0 Å². The molecular weight excluding hydrogens is 384 g/mol. The Kier molecular flexibility index (Phi) is 6.29. The van der Waals surface area contributed by atoms with Crippen LogP contribution in [0.5, 0.6) is 0 Å². The van der Waals surface area contributed by atoms with Crippen LogP contribution in [0.2, 0.25) is 0 Å². The van der Waals surface area contributed by atoms with Crippen LogP contribution in [0.4, 0.5) is 5.69 Å². The molecule has 1 N–H and O–H groups in total. The molecule has 1 aromatic carbocycles. The van der Waals surface area contributed by atoms with E-state index in [1.807, 2.05) is 12.1 Å². The minimum absolute atomic E-state index is 0.0101. The SMILES string of the molecule is C[C@@H](C(=O)OCC(=O)Nc1ccc(C(C)(C)C)cc1)N1C(=O)[C@@H]2CCCC[C@H]2C1=O. The summed E-state index contributed by atoms with van der Waals surface area (Å²) in [6, 6.07) is 6.44. The first kappa shape index (κ1) is 22.0. The van der Waals surface area contributed by atoms with Crippen LogP contribution in [-0.2, 0) is 29.3 Å². The number of likely N-dealkylation sites (tertiary alicyclic amines) is 1. The molecular formula is C23H30N2O5. The van der Waals surface area contributed by atoms with Crippen molar-refractivity contribution in [1.82, 2.24) is 4.90 Å². The lowest BCUT2D eigenvalue weighted by Gasteiger charge is -2.21. The summed E-state index contributed by atoms with van der Waals surface area (Å²) in [6.07, 6.45) is 3.21. The molecule has 2 aliphatic rings. The van der Waals surface area contributed by atoms with Gasteiger partial charge in [-0.2, -0.15) is 0 Å². The summed E-state index contributed by atoms with van der Waals surface area (Å²) in [5.41, 5.74) is 1.75. The summed E-state index contributed by atoms with van der Waals surface area (Å²) in [7, 11) is 0. The van der Waals surface area contributed by atoms with Gasteiger partial charge in [-0.3, -0.25) is 19.3 Å². The fraction of sp³-hybridized carbons (Fsp3) is 0.565. The van der Waals surface area contributed by atoms with E-state index in [2.05, 4.69) is 26.1 Å². The van der Waals surface area contributed by atoms with Gasteiger partial charge >= 0.3 is 5.97 Å². The first-order chi connectivity index (χ1) is 14.1. The van der Waals surface area contributed by atoms with Gasteiger partial charge in [0.2, 0.25) is 11.8 Å². The highest BCUT2D eigenvalue weighted by molar-refractivity contribution is 6.08. The van der Waals surface area contributed by atoms with Crippen LogP contribution in [0.3, 0.4) is 0 Å². The molecule has 1 aromatic rings. The third kappa shape index (κ3) is 4.55. The predicted octanol–water partition coefficient (Wildman–Crippen LogP) is 3.03. The topological polar surface area (TPSA) is 92.8 Å². The Hall–Kier alpha value is -2.70. The normalized spacial score (nSPS) is 22.5. The van der Waals surface area contributed by atoms with Crippen molar-refractivity contribution >= 4 is 29.4 Å². The highest BCUT2D eigenvalue weighted by Gasteiger charge is 2.51. The van der Waals surface area contributed by atoms with E-state index >= 15 is 0 Å². The van der Waals surface area contributed by atoms with E-state index in [-0.39, 0.29) is 29.1 Å². The maximum atomic E-state index is 12.6. The van der Waals surface area contributed by atoms with Crippen LogP contribution in [0.25, 0.3) is 0 Å². The highest BCUT2D eigenvalue weighted by Crippen LogP contribution is 2.38. The molecule has 0 spiro atoms. The highest BCUT2D eigenvalue weighted by atomic mass is 16.5. The van der Waals surface area contributed by atoms with Crippen LogP contribution in [0.15, 0.2) is 24.3 Å². The van der Waals surface area contributed by atoms with Crippen molar-refractivity contribution in [3.63, 3.8) is 0 Å². The Morgan fingerprint density at radius 2 is 1.60 bits per heavy atom. The van der Waals surface area contributed by atoms with E-state index in [9.17, 15) is 19.2 Å². The minimum Gasteiger partial charge on any atom is -0.454 e. The minimum atomic E-state index is -1.03. The Morgan fingerprint density at radius 1 is 1.07 bits per heavy atom. The third-order valence-electron chi connectivity index (χ3n) is 5.98. The first-order valence-corrected chi connectivity index (χ1v) is 10.5. The number of rotatable bonds is 5. The van der Waals surface area contributed by atoms with Crippen LogP contribution in [0.1, 0.15) is 58.9 Å². The number of benzene rings is 1. The molecule has 162 valence electrons. The summed E-state index contributed by atoms with van der Waals surface area (Å²) in [5.74, 6) is -2.46. The Labute approximate surface area is 177 Å². The number of nitrogens with zero attached hydrogens (tertiary/aromatic N) is 1. The number of ether oxygens (including phenoxy) is 1. The van der Waals surface area contributed by atoms with Crippen molar-refractivity contribution in [2.75, 3.05) is 11.9 Å². The second kappa shape index (κ2) is 8.58. The van der Waals surface area contributed by atoms with Crippen molar-refractivity contribution in [2.45, 2.75) is 64.8 Å². The average molecular weight is 415 g/mol. The number of carbonyl (C=O) groups is 4. The zero-order valence-corrected chi connectivity index (χ0v) is 18.1. The Morgan fingerprint density at radius 3 is 2.10 bits per heavy atom. The van der Waals surface area contributed by atoms with Gasteiger partial charge in [-0.25, -0.2) is 4.79 Å². The van der Waals surface area contributed by atoms with Crippen LogP contribution >= 0.6 is 0 Å². The van der Waals surface area contributed by atoms with Crippen molar-refractivity contribution < 1.29 is 23.9 Å². The number of imide groups is 1. The molecule has 1 heterocycles. The van der Waals surface area contributed by atoms with Gasteiger partial charge in [0.1, 0.15) is 6.04 Å². The average Bonchev–Trinajstić information content (AvgIpc) is 2.96. The molecule has 2 fully saturated rings. The van der Waals surface area contributed by atoms with Gasteiger partial charge in [-0.05, 0) is 42.9 Å². The summed E-state index contributed by atoms with van der Waals surface area (Å²) in [4.78, 5) is 50.7. The monoisotopic (exact) mass is 414 g/mol. The first-order valence-electron chi connectivity index (χ1n) is 10.5. The zero-order valence-electron chi connectivity index (χ0n) is 18.1. The number of hydrogen-bond acceptors (Lipinski definition) is 5. The fourth-order valence-electron chi connectivity index (χ4n) is 4.18. The second-order valence-corrected chi connectivity index (χ2v) is 9.20. The number of carbonyl (C=O) groups excluding carboxylic acids is 4. The van der Waals surface area contributed by atoms with Crippen molar-refractivity contribution in [2.24, 2.45) is 11.8 Å². The largest absolute Gasteiger partial charge is 0.454 e. The molecule has 0 bridgehead atoms. The lowest BCUT2D eigenvalue weighted by Crippen LogP contribution is -2.45. The van der Waals surface area contributed by atoms with Gasteiger partial charge < -0.3 is 10.1 Å². The number of esters is 1. The van der Waals surface area contributed by atoms with Gasteiger partial charge in [0, 0.05) is 5.69 Å². The van der Waals surface area contributed by atoms with Crippen LogP contribution in [-0.4, -0.2) is 41.2 Å². The fourth-order valence-corrected chi connectivity index (χ4v) is 4.18. The molecule has 1 saturated carbocycles. The van der Waals surface area contributed by atoms with E-state index in [0.717, 1.165) is 23.3 Å². The number of fused-ring (bicyclic) bond motifs is 1. The van der Waals surface area contributed by atoms with Gasteiger partial charge in [0.25, 0.3) is 5.91 Å². The van der Waals surface area contributed by atoms with Gasteiger partial charge in [-0.1, -0.05) is 45.7 Å². The second-order valence-electron chi connectivity index (χ2n) is 9.20. The Bertz CT molecular complexity index is 816. The molecule has 0 radical (unpaired) electrons. The molecule has 3 rings (SSSR count). The Balaban J connectivity index is 1.53. The van der Waals surface area contributed by atoms with Gasteiger partial charge in [0.05, 0.1) is 11.8 Å². The van der Waals surface area contributed by atoms with E-state index in [1.165, 1.54) is 6.92 Å². The van der Waals surface area contributed by atoms with E-state index in [1.54, 1.807) is 12.1 Å². The number of anilines is 1. The molecule has 7 heteroatoms. The van der Waals surface area contributed by atoms with Crippen molar-refractivity contribution in [1.29, 1.82) is 0 Å². The molecule has 1 aliphatic heterocycles. The van der Waals surface area contributed by atoms with E-state index in [4.69, 9.17) is 4.74 Å². The lowest BCUT2D eigenvalue weighted by molar-refractivity contribution is -0.159. The standard InChI is InChI=1S/C23H30N2O5/c1-14(25-20(27)17-7-5-6-8-18(17)21(25)28)22(29)30-13-19(26)24-16-11-9-15(10-12-16)23(2,3)4/h9-12,14,17-18H,5-8,13H2,1-4H3,(H,24,26)/t14-,17+,18+/m0/s1. The summed E-state index contributed by atoms with van der Waals surface area (Å²) in [5, 5.41) is 2.68. The van der Waals surface area contributed by atoms with Crippen LogP contribution < -0.4 is 5.32 Å². The van der Waals surface area contributed by atoms with E-state index in [0.29, 0.717) is 18.5 Å². The summed E-state index contributed by atoms with van der Waals surface area (Å²) >= 11 is 0. The molecule has 1 aliphatic carbocycles. The smallest absolute Gasteiger partial charge is 0.329 e. The molecule has 30 heavy (non-hydrogen) atoms. The van der Waals surface area contributed by atoms with Crippen LogP contribution in [0, 0.1) is 11.8 Å². The number of nitrogens with one attached hydrogen (secondary N) is 1. The molecule has 0 aromatic heterocycles. The summed E-state index contributed by atoms with van der Waals surface area (Å²) in [6.45, 7) is 7.30. The predicted molar refractivity (Wildman–Crippen MR) is 111 cm³/mol. The molecule has 1 saturated heterocycles. The van der Waals surface area contributed by atoms with Crippen molar-refractivity contribution in [3.8, 4) is 0 Å². The molecule has 3 amide bonds. The quantitative estimate of drug-likeness (QED) is 0.591. The van der Waals surface area contributed by atoms with Crippen molar-refractivity contribution in [3.05, 3.63) is 29.8 Å². The maximum absolute atomic E-state index is 12.6. The van der Waals surface area contributed by atoms with E-state index < -0.39 is 24.5 Å². The molecule has 3 atom stereocenters. The zero-order chi connectivity index (χ0) is 22.1. The molecule has 0 unspecified atom stereocenters. The third-order valence-corrected chi connectivity index (χ3v) is 5.98. The molecule has 7 nitrogen and oxygen atoms in total. The lowest BCUT2D eigenvalue weighted by atomic mass is 9.81. The van der Waals surface area contributed by atoms with Gasteiger partial charge in [0.15, 0.2) is 6.61 Å². The summed E-state index contributed by atoms with van der Waals surface area (Å²) < 4.78 is 5.08. The maximum Gasteiger partial charge on any atom is 0.329 e. The number of amides is 3.